The first kappa shape index (κ1) is 17.3. The molecule has 27 heavy (non-hydrogen) atoms. The number of carbonyl (C=O) groups is 1. The van der Waals surface area contributed by atoms with Gasteiger partial charge in [-0.1, -0.05) is 30.3 Å². The minimum Gasteiger partial charge on any atom is -0.440 e. The van der Waals surface area contributed by atoms with Gasteiger partial charge in [-0.15, -0.1) is 0 Å². The van der Waals surface area contributed by atoms with Crippen LogP contribution >= 0.6 is 0 Å². The number of benzene rings is 2. The summed E-state index contributed by atoms with van der Waals surface area (Å²) in [5.41, 5.74) is 5.21. The number of hydrogen-bond donors (Lipinski definition) is 0. The molecule has 0 radical (unpaired) electrons. The molecule has 0 unspecified atom stereocenters. The molecule has 0 bridgehead atoms. The molecule has 5 nitrogen and oxygen atoms in total. The molecule has 1 aromatic heterocycles. The third-order valence-corrected chi connectivity index (χ3v) is 5.13. The summed E-state index contributed by atoms with van der Waals surface area (Å²) in [6.45, 7) is 1.93. The maximum Gasteiger partial charge on any atom is 0.226 e. The molecule has 1 aliphatic rings. The first-order valence-electron chi connectivity index (χ1n) is 9.12. The lowest BCUT2D eigenvalue weighted by molar-refractivity contribution is -0.127. The summed E-state index contributed by atoms with van der Waals surface area (Å²) < 4.78 is 6.13. The van der Waals surface area contributed by atoms with Crippen molar-refractivity contribution in [3.63, 3.8) is 0 Å². The summed E-state index contributed by atoms with van der Waals surface area (Å²) in [6, 6.07) is 12.2. The second kappa shape index (κ2) is 6.55. The van der Waals surface area contributed by atoms with Crippen LogP contribution in [-0.4, -0.2) is 29.9 Å². The first-order chi connectivity index (χ1) is 13.0. The van der Waals surface area contributed by atoms with Crippen molar-refractivity contribution in [3.8, 4) is 17.2 Å². The van der Waals surface area contributed by atoms with Gasteiger partial charge in [0, 0.05) is 25.6 Å². The van der Waals surface area contributed by atoms with Gasteiger partial charge >= 0.3 is 0 Å². The van der Waals surface area contributed by atoms with Crippen LogP contribution in [0, 0.1) is 18.3 Å². The number of nitrogens with zero attached hydrogens (tertiary/aromatic N) is 3. The fraction of sp³-hybridized carbons (Fsp3) is 0.318. The molecular weight excluding hydrogens is 338 g/mol. The number of carbonyl (C=O) groups excluding carboxylic acids is 1. The van der Waals surface area contributed by atoms with E-state index in [0.29, 0.717) is 28.5 Å². The van der Waals surface area contributed by atoms with Gasteiger partial charge in [0.2, 0.25) is 5.91 Å². The Morgan fingerprint density at radius 1 is 1.30 bits per heavy atom. The Balaban J connectivity index is 2.05. The first-order valence-corrected chi connectivity index (χ1v) is 9.12. The van der Waals surface area contributed by atoms with Crippen LogP contribution in [0.4, 0.5) is 0 Å². The third kappa shape index (κ3) is 2.97. The Morgan fingerprint density at radius 2 is 2.00 bits per heavy atom. The lowest BCUT2D eigenvalue weighted by Gasteiger charge is -2.17. The fourth-order valence-electron chi connectivity index (χ4n) is 3.47. The van der Waals surface area contributed by atoms with E-state index in [4.69, 9.17) is 4.42 Å². The molecule has 0 N–H and O–H groups in total. The van der Waals surface area contributed by atoms with E-state index in [1.807, 2.05) is 37.3 Å². The molecule has 1 amide bonds. The number of aromatic nitrogens is 1. The molecule has 1 saturated carbocycles. The van der Waals surface area contributed by atoms with Gasteiger partial charge in [0.15, 0.2) is 11.5 Å². The van der Waals surface area contributed by atoms with E-state index >= 15 is 0 Å². The summed E-state index contributed by atoms with van der Waals surface area (Å²) in [6.07, 6.45) is 2.33. The second-order valence-corrected chi connectivity index (χ2v) is 7.30. The van der Waals surface area contributed by atoms with Crippen molar-refractivity contribution in [2.24, 2.45) is 0 Å². The maximum atomic E-state index is 12.6. The lowest BCUT2D eigenvalue weighted by Crippen LogP contribution is -2.24. The van der Waals surface area contributed by atoms with Crippen LogP contribution in [-0.2, 0) is 11.2 Å². The molecule has 136 valence electrons. The Kier molecular flexibility index (Phi) is 4.19. The van der Waals surface area contributed by atoms with Crippen LogP contribution in [0.5, 0.6) is 0 Å². The van der Waals surface area contributed by atoms with Gasteiger partial charge in [-0.3, -0.25) is 4.79 Å². The predicted octanol–water partition coefficient (Wildman–Crippen LogP) is 4.18. The Hall–Kier alpha value is -3.13. The Labute approximate surface area is 158 Å². The quantitative estimate of drug-likeness (QED) is 0.700. The zero-order valence-corrected chi connectivity index (χ0v) is 15.7. The monoisotopic (exact) mass is 359 g/mol. The van der Waals surface area contributed by atoms with Crippen LogP contribution in [0.1, 0.15) is 41.3 Å². The highest BCUT2D eigenvalue weighted by atomic mass is 16.3. The highest BCUT2D eigenvalue weighted by Gasteiger charge is 2.32. The number of amides is 1. The van der Waals surface area contributed by atoms with E-state index in [2.05, 4.69) is 11.1 Å². The number of likely N-dealkylation sites (N-methyl/N-ethyl adjacent to an activating group) is 1. The molecule has 1 fully saturated rings. The van der Waals surface area contributed by atoms with Crippen LogP contribution in [0.25, 0.3) is 22.2 Å². The zero-order chi connectivity index (χ0) is 19.1. The van der Waals surface area contributed by atoms with Crippen LogP contribution < -0.4 is 0 Å². The van der Waals surface area contributed by atoms with Gasteiger partial charge in [0.05, 0.1) is 12.0 Å². The topological polar surface area (TPSA) is 70.1 Å². The standard InChI is InChI=1S/C22H21N3O2/c1-13-17(12-23)20-21(27-22(24-20)15-9-10-15)16(11-18(26)25(2)3)19(13)14-7-5-4-6-8-14/h4-8,15H,9-11H2,1-3H3. The summed E-state index contributed by atoms with van der Waals surface area (Å²) in [4.78, 5) is 18.8. The highest BCUT2D eigenvalue weighted by Crippen LogP contribution is 2.43. The van der Waals surface area contributed by atoms with Gasteiger partial charge in [-0.25, -0.2) is 4.98 Å². The Bertz CT molecular complexity index is 1070. The normalized spacial score (nSPS) is 13.6. The summed E-state index contributed by atoms with van der Waals surface area (Å²) in [5, 5.41) is 9.81. The van der Waals surface area contributed by atoms with Crippen molar-refractivity contribution in [3.05, 3.63) is 52.9 Å². The molecule has 1 aliphatic carbocycles. The van der Waals surface area contributed by atoms with E-state index in [1.165, 1.54) is 0 Å². The van der Waals surface area contributed by atoms with Crippen molar-refractivity contribution in [1.82, 2.24) is 9.88 Å². The molecular formula is C22H21N3O2. The number of oxazole rings is 1. The van der Waals surface area contributed by atoms with Crippen LogP contribution in [0.15, 0.2) is 34.7 Å². The molecule has 2 aromatic carbocycles. The Morgan fingerprint density at radius 3 is 2.59 bits per heavy atom. The largest absolute Gasteiger partial charge is 0.440 e. The molecule has 1 heterocycles. The second-order valence-electron chi connectivity index (χ2n) is 7.30. The molecule has 0 saturated heterocycles. The van der Waals surface area contributed by atoms with Crippen LogP contribution in [0.3, 0.4) is 0 Å². The average molecular weight is 359 g/mol. The van der Waals surface area contributed by atoms with Gasteiger partial charge < -0.3 is 9.32 Å². The van der Waals surface area contributed by atoms with Gasteiger partial charge in [-0.2, -0.15) is 5.26 Å². The van der Waals surface area contributed by atoms with Crippen molar-refractivity contribution < 1.29 is 9.21 Å². The van der Waals surface area contributed by atoms with E-state index in [-0.39, 0.29) is 12.3 Å². The van der Waals surface area contributed by atoms with Gasteiger partial charge in [0.1, 0.15) is 11.6 Å². The van der Waals surface area contributed by atoms with Crippen LogP contribution in [0.2, 0.25) is 0 Å². The van der Waals surface area contributed by atoms with E-state index in [1.54, 1.807) is 19.0 Å². The summed E-state index contributed by atoms with van der Waals surface area (Å²) in [7, 11) is 3.49. The van der Waals surface area contributed by atoms with Crippen molar-refractivity contribution in [2.75, 3.05) is 14.1 Å². The minimum absolute atomic E-state index is 0.0121. The van der Waals surface area contributed by atoms with Crippen molar-refractivity contribution in [1.29, 1.82) is 5.26 Å². The van der Waals surface area contributed by atoms with Gasteiger partial charge in [0.25, 0.3) is 0 Å². The molecule has 0 aliphatic heterocycles. The summed E-state index contributed by atoms with van der Waals surface area (Å²) in [5.74, 6) is 1.01. The van der Waals surface area contributed by atoms with Gasteiger partial charge in [-0.05, 0) is 36.5 Å². The predicted molar refractivity (Wildman–Crippen MR) is 103 cm³/mol. The minimum atomic E-state index is -0.0121. The number of rotatable bonds is 4. The molecule has 3 aromatic rings. The molecule has 0 atom stereocenters. The SMILES string of the molecule is Cc1c(-c2ccccc2)c(CC(=O)N(C)C)c2oc(C3CC3)nc2c1C#N. The number of nitriles is 1. The average Bonchev–Trinajstić information content (AvgIpc) is 3.42. The number of fused-ring (bicyclic) bond motifs is 1. The van der Waals surface area contributed by atoms with Crippen molar-refractivity contribution in [2.45, 2.75) is 32.1 Å². The van der Waals surface area contributed by atoms with Crippen molar-refractivity contribution >= 4 is 17.0 Å². The zero-order valence-electron chi connectivity index (χ0n) is 15.7. The van der Waals surface area contributed by atoms with E-state index < -0.39 is 0 Å². The maximum absolute atomic E-state index is 12.6. The fourth-order valence-corrected chi connectivity index (χ4v) is 3.47. The summed E-state index contributed by atoms with van der Waals surface area (Å²) >= 11 is 0. The number of hydrogen-bond acceptors (Lipinski definition) is 4. The molecule has 5 heteroatoms. The molecule has 0 spiro atoms. The van der Waals surface area contributed by atoms with E-state index in [9.17, 15) is 10.1 Å². The van der Waals surface area contributed by atoms with E-state index in [0.717, 1.165) is 35.1 Å². The third-order valence-electron chi connectivity index (χ3n) is 5.13. The smallest absolute Gasteiger partial charge is 0.226 e. The lowest BCUT2D eigenvalue weighted by atomic mass is 9.89. The molecule has 4 rings (SSSR count). The highest BCUT2D eigenvalue weighted by molar-refractivity contribution is 5.96.